The van der Waals surface area contributed by atoms with E-state index in [0.717, 1.165) is 42.6 Å². The van der Waals surface area contributed by atoms with Gasteiger partial charge in [-0.3, -0.25) is 24.0 Å². The zero-order chi connectivity index (χ0) is 24.5. The number of nitrogens with zero attached hydrogens (tertiary/aromatic N) is 3. The minimum atomic E-state index is -0.640. The van der Waals surface area contributed by atoms with E-state index in [-0.39, 0.29) is 18.0 Å². The summed E-state index contributed by atoms with van der Waals surface area (Å²) in [4.78, 5) is 39.6. The van der Waals surface area contributed by atoms with Crippen LogP contribution < -0.4 is 11.0 Å². The number of aromatic nitrogens is 2. The molecule has 0 radical (unpaired) electrons. The summed E-state index contributed by atoms with van der Waals surface area (Å²) in [5, 5.41) is 11.7. The van der Waals surface area contributed by atoms with Crippen molar-refractivity contribution in [1.82, 2.24) is 19.4 Å². The molecule has 1 unspecified atom stereocenters. The van der Waals surface area contributed by atoms with Crippen molar-refractivity contribution < 1.29 is 14.7 Å². The van der Waals surface area contributed by atoms with Crippen LogP contribution in [-0.4, -0.2) is 56.7 Å². The Morgan fingerprint density at radius 1 is 0.943 bits per heavy atom. The highest BCUT2D eigenvalue weighted by atomic mass is 16.3. The second kappa shape index (κ2) is 10.3. The number of imidazole rings is 1. The third kappa shape index (κ3) is 4.96. The second-order valence-corrected chi connectivity index (χ2v) is 10.9. The molecule has 2 aliphatic heterocycles. The lowest BCUT2D eigenvalue weighted by Gasteiger charge is -2.40. The highest BCUT2D eigenvalue weighted by Crippen LogP contribution is 2.31. The fourth-order valence-corrected chi connectivity index (χ4v) is 6.46. The van der Waals surface area contributed by atoms with Crippen molar-refractivity contribution in [3.63, 3.8) is 0 Å². The number of piperidine rings is 2. The Hall–Kier alpha value is -2.45. The second-order valence-electron chi connectivity index (χ2n) is 10.9. The molecule has 2 amide bonds. The molecule has 1 aromatic carbocycles. The summed E-state index contributed by atoms with van der Waals surface area (Å²) in [6.45, 7) is 2.71. The number of fused-ring (bicyclic) bond motifs is 1. The van der Waals surface area contributed by atoms with Crippen LogP contribution in [0.2, 0.25) is 0 Å². The number of hydrogen-bond donors (Lipinski definition) is 2. The van der Waals surface area contributed by atoms with Gasteiger partial charge in [-0.05, 0) is 100 Å². The molecule has 35 heavy (non-hydrogen) atoms. The first-order chi connectivity index (χ1) is 16.9. The molecule has 2 N–H and O–H groups in total. The minimum Gasteiger partial charge on any atom is -0.396 e. The quantitative estimate of drug-likeness (QED) is 0.617. The van der Waals surface area contributed by atoms with Gasteiger partial charge in [0.05, 0.1) is 11.0 Å². The van der Waals surface area contributed by atoms with Crippen molar-refractivity contribution >= 4 is 22.8 Å². The molecule has 5 rings (SSSR count). The topological polar surface area (TPSA) is 96.6 Å². The number of imide groups is 1. The van der Waals surface area contributed by atoms with E-state index in [1.54, 1.807) is 16.2 Å². The summed E-state index contributed by atoms with van der Waals surface area (Å²) in [5.74, 6) is 0.573. The number of carbonyl (C=O) groups excluding carboxylic acids is 2. The number of likely N-dealkylation sites (tertiary alicyclic amines) is 1. The zero-order valence-corrected chi connectivity index (χ0v) is 20.7. The molecule has 2 aromatic rings. The van der Waals surface area contributed by atoms with E-state index in [1.807, 2.05) is 6.07 Å². The molecule has 1 aromatic heterocycles. The molecule has 8 heteroatoms. The Bertz CT molecular complexity index is 1140. The van der Waals surface area contributed by atoms with Gasteiger partial charge in [-0.25, -0.2) is 4.79 Å². The van der Waals surface area contributed by atoms with Crippen LogP contribution in [0.1, 0.15) is 69.4 Å². The van der Waals surface area contributed by atoms with Gasteiger partial charge in [-0.15, -0.1) is 0 Å². The number of hydrogen-bond acceptors (Lipinski definition) is 5. The Kier molecular flexibility index (Phi) is 7.12. The van der Waals surface area contributed by atoms with Gasteiger partial charge in [0.25, 0.3) is 0 Å². The molecule has 190 valence electrons. The summed E-state index contributed by atoms with van der Waals surface area (Å²) in [5.41, 5.74) is 2.59. The molecular formula is C27H38N4O4. The van der Waals surface area contributed by atoms with Crippen LogP contribution in [-0.2, 0) is 23.1 Å². The van der Waals surface area contributed by atoms with E-state index in [2.05, 4.69) is 22.3 Å². The van der Waals surface area contributed by atoms with Crippen LogP contribution in [0.3, 0.4) is 0 Å². The van der Waals surface area contributed by atoms with Crippen LogP contribution in [0.4, 0.5) is 0 Å². The van der Waals surface area contributed by atoms with Gasteiger partial charge in [0.1, 0.15) is 6.04 Å². The van der Waals surface area contributed by atoms with Crippen molar-refractivity contribution in [2.75, 3.05) is 19.7 Å². The van der Waals surface area contributed by atoms with Crippen molar-refractivity contribution in [3.05, 3.63) is 34.2 Å². The molecular weight excluding hydrogens is 444 g/mol. The predicted octanol–water partition coefficient (Wildman–Crippen LogP) is 2.51. The van der Waals surface area contributed by atoms with Gasteiger partial charge in [0, 0.05) is 26.1 Å². The summed E-state index contributed by atoms with van der Waals surface area (Å²) >= 11 is 0. The molecule has 3 heterocycles. The number of nitrogens with one attached hydrogen (secondary N) is 1. The molecule has 8 nitrogen and oxygen atoms in total. The first-order valence-electron chi connectivity index (χ1n) is 13.3. The normalized spacial score (nSPS) is 26.9. The summed E-state index contributed by atoms with van der Waals surface area (Å²) in [6.07, 6.45) is 10.0. The SMILES string of the molecule is Cn1c(=O)n(C2CCC(=O)NC2=O)c2ccc(CCC3CCN(C4CCC(CO)CC4)CC3)cc21. The average molecular weight is 483 g/mol. The van der Waals surface area contributed by atoms with E-state index < -0.39 is 11.9 Å². The van der Waals surface area contributed by atoms with E-state index >= 15 is 0 Å². The average Bonchev–Trinajstić information content (AvgIpc) is 3.12. The lowest BCUT2D eigenvalue weighted by Crippen LogP contribution is -2.44. The molecule has 1 atom stereocenters. The van der Waals surface area contributed by atoms with Crippen LogP contribution in [0.15, 0.2) is 23.0 Å². The maximum atomic E-state index is 13.0. The predicted molar refractivity (Wildman–Crippen MR) is 134 cm³/mol. The minimum absolute atomic E-state index is 0.216. The van der Waals surface area contributed by atoms with E-state index in [4.69, 9.17) is 0 Å². The van der Waals surface area contributed by atoms with Gasteiger partial charge >= 0.3 is 5.69 Å². The number of aliphatic hydroxyl groups excluding tert-OH is 1. The summed E-state index contributed by atoms with van der Waals surface area (Å²) in [7, 11) is 1.75. The smallest absolute Gasteiger partial charge is 0.329 e. The summed E-state index contributed by atoms with van der Waals surface area (Å²) in [6, 6.07) is 6.20. The molecule has 1 saturated carbocycles. The number of aryl methyl sites for hydroxylation is 2. The largest absolute Gasteiger partial charge is 0.396 e. The number of rotatable bonds is 6. The molecule has 0 spiro atoms. The highest BCUT2D eigenvalue weighted by Gasteiger charge is 2.31. The maximum Gasteiger partial charge on any atom is 0.329 e. The monoisotopic (exact) mass is 482 g/mol. The molecule has 0 bridgehead atoms. The first kappa shape index (κ1) is 24.3. The van der Waals surface area contributed by atoms with Crippen LogP contribution in [0.5, 0.6) is 0 Å². The Morgan fingerprint density at radius 3 is 2.37 bits per heavy atom. The number of aliphatic hydroxyl groups is 1. The number of carbonyl (C=O) groups is 2. The van der Waals surface area contributed by atoms with Crippen molar-refractivity contribution in [3.8, 4) is 0 Å². The molecule has 3 aliphatic rings. The van der Waals surface area contributed by atoms with Gasteiger partial charge in [0.2, 0.25) is 11.8 Å². The van der Waals surface area contributed by atoms with Crippen LogP contribution >= 0.6 is 0 Å². The van der Waals surface area contributed by atoms with Crippen molar-refractivity contribution in [2.24, 2.45) is 18.9 Å². The molecule has 2 saturated heterocycles. The van der Waals surface area contributed by atoms with Gasteiger partial charge in [0.15, 0.2) is 0 Å². The standard InChI is InChI=1S/C27H38N4O4/c1-29-24-16-19(6-9-22(24)31(27(29)35)23-10-11-25(33)28-26(23)34)3-2-18-12-14-30(15-13-18)21-7-4-20(17-32)5-8-21/h6,9,16,18,20-21,23,32H,2-5,7-8,10-15,17H2,1H3,(H,28,33,34). The first-order valence-corrected chi connectivity index (χ1v) is 13.3. The summed E-state index contributed by atoms with van der Waals surface area (Å²) < 4.78 is 3.16. The van der Waals surface area contributed by atoms with E-state index in [0.29, 0.717) is 25.0 Å². The van der Waals surface area contributed by atoms with Gasteiger partial charge in [-0.1, -0.05) is 6.07 Å². The van der Waals surface area contributed by atoms with Gasteiger partial charge < -0.3 is 10.0 Å². The fraction of sp³-hybridized carbons (Fsp3) is 0.667. The Labute approximate surface area is 206 Å². The fourth-order valence-electron chi connectivity index (χ4n) is 6.46. The molecule has 3 fully saturated rings. The third-order valence-electron chi connectivity index (χ3n) is 8.76. The highest BCUT2D eigenvalue weighted by molar-refractivity contribution is 6.00. The van der Waals surface area contributed by atoms with Crippen molar-refractivity contribution in [1.29, 1.82) is 0 Å². The number of amides is 2. The Morgan fingerprint density at radius 2 is 1.69 bits per heavy atom. The zero-order valence-electron chi connectivity index (χ0n) is 20.7. The lowest BCUT2D eigenvalue weighted by molar-refractivity contribution is -0.135. The lowest BCUT2D eigenvalue weighted by atomic mass is 9.84. The molecule has 1 aliphatic carbocycles. The number of benzene rings is 1. The van der Waals surface area contributed by atoms with Crippen molar-refractivity contribution in [2.45, 2.75) is 76.3 Å². The van der Waals surface area contributed by atoms with Crippen LogP contribution in [0.25, 0.3) is 11.0 Å². The van der Waals surface area contributed by atoms with Crippen LogP contribution in [0, 0.1) is 11.8 Å². The van der Waals surface area contributed by atoms with E-state index in [9.17, 15) is 19.5 Å². The maximum absolute atomic E-state index is 13.0. The van der Waals surface area contributed by atoms with E-state index in [1.165, 1.54) is 44.3 Å². The third-order valence-corrected chi connectivity index (χ3v) is 8.76. The van der Waals surface area contributed by atoms with Gasteiger partial charge in [-0.2, -0.15) is 0 Å². The Balaban J connectivity index is 1.20.